The molecule has 0 unspecified atom stereocenters. The number of hydrogen-bond acceptors (Lipinski definition) is 7. The fourth-order valence-electron chi connectivity index (χ4n) is 4.32. The maximum absolute atomic E-state index is 13.2. The lowest BCUT2D eigenvalue weighted by molar-refractivity contribution is -0.157. The number of aromatic nitrogens is 2. The van der Waals surface area contributed by atoms with Gasteiger partial charge < -0.3 is 10.1 Å². The summed E-state index contributed by atoms with van der Waals surface area (Å²) in [7, 11) is 1.70. The number of ether oxygens (including phenoxy) is 1. The first kappa shape index (κ1) is 26.9. The van der Waals surface area contributed by atoms with Gasteiger partial charge in [0.05, 0.1) is 22.5 Å². The van der Waals surface area contributed by atoms with Crippen LogP contribution in [0.15, 0.2) is 59.4 Å². The van der Waals surface area contributed by atoms with Crippen LogP contribution in [0, 0.1) is 6.92 Å². The normalized spacial score (nSPS) is 14.3. The van der Waals surface area contributed by atoms with Gasteiger partial charge >= 0.3 is 5.97 Å². The fraction of sp³-hybridized carbons (Fsp3) is 0.296. The monoisotopic (exact) mass is 536 g/mol. The Kier molecular flexibility index (Phi) is 7.86. The summed E-state index contributed by atoms with van der Waals surface area (Å²) < 4.78 is 8.47. The van der Waals surface area contributed by atoms with Crippen LogP contribution < -0.4 is 10.9 Å². The van der Waals surface area contributed by atoms with Crippen molar-refractivity contribution >= 4 is 41.1 Å². The van der Waals surface area contributed by atoms with Gasteiger partial charge in [-0.15, -0.1) is 0 Å². The van der Waals surface area contributed by atoms with Crippen LogP contribution in [0.1, 0.15) is 39.8 Å². The van der Waals surface area contributed by atoms with Crippen molar-refractivity contribution in [3.8, 4) is 5.69 Å². The number of esters is 1. The van der Waals surface area contributed by atoms with Gasteiger partial charge in [0.25, 0.3) is 23.3 Å². The van der Waals surface area contributed by atoms with Crippen molar-refractivity contribution < 1.29 is 23.9 Å². The molecule has 198 valence electrons. The summed E-state index contributed by atoms with van der Waals surface area (Å²) in [5, 5.41) is 2.58. The van der Waals surface area contributed by atoms with Gasteiger partial charge in [0.1, 0.15) is 11.7 Å². The van der Waals surface area contributed by atoms with Gasteiger partial charge in [-0.05, 0) is 56.5 Å². The van der Waals surface area contributed by atoms with Crippen LogP contribution >= 0.6 is 11.8 Å². The van der Waals surface area contributed by atoms with E-state index in [0.717, 1.165) is 4.90 Å². The number of carbonyl (C=O) groups excluding carboxylic acids is 4. The molecular weight excluding hydrogens is 508 g/mol. The van der Waals surface area contributed by atoms with E-state index in [2.05, 4.69) is 5.32 Å². The molecule has 3 amide bonds. The molecule has 0 saturated carbocycles. The average Bonchev–Trinajstić information content (AvgIpc) is 3.29. The molecule has 1 aromatic heterocycles. The number of para-hydroxylation sites is 1. The van der Waals surface area contributed by atoms with Gasteiger partial charge in [0.15, 0.2) is 6.10 Å². The Morgan fingerprint density at radius 2 is 1.55 bits per heavy atom. The summed E-state index contributed by atoms with van der Waals surface area (Å²) in [4.78, 5) is 66.1. The van der Waals surface area contributed by atoms with Crippen molar-refractivity contribution in [1.82, 2.24) is 14.3 Å². The van der Waals surface area contributed by atoms with Gasteiger partial charge in [-0.25, -0.2) is 9.48 Å². The van der Waals surface area contributed by atoms with E-state index in [1.807, 2.05) is 12.3 Å². The smallest absolute Gasteiger partial charge is 0.330 e. The SMILES string of the molecule is CSCC[C@@H](C(=O)O[C@H](C)C(=O)Nc1c(C)n(C)n(-c2ccccc2)c1=O)N1C(=O)c2ccccc2C1=O. The van der Waals surface area contributed by atoms with Crippen LogP contribution in [0.5, 0.6) is 0 Å². The Bertz CT molecular complexity index is 1430. The number of rotatable bonds is 9. The highest BCUT2D eigenvalue weighted by Crippen LogP contribution is 2.27. The molecule has 38 heavy (non-hydrogen) atoms. The molecular formula is C27H28N4O6S. The lowest BCUT2D eigenvalue weighted by atomic mass is 10.1. The third kappa shape index (κ3) is 4.89. The lowest BCUT2D eigenvalue weighted by Gasteiger charge is -2.25. The molecule has 10 nitrogen and oxygen atoms in total. The molecule has 3 aromatic rings. The van der Waals surface area contributed by atoms with Gasteiger partial charge in [-0.1, -0.05) is 30.3 Å². The second-order valence-electron chi connectivity index (χ2n) is 8.83. The maximum atomic E-state index is 13.2. The quantitative estimate of drug-likeness (QED) is 0.330. The Labute approximate surface area is 223 Å². The molecule has 1 aliphatic heterocycles. The zero-order valence-corrected chi connectivity index (χ0v) is 22.3. The highest BCUT2D eigenvalue weighted by Gasteiger charge is 2.43. The standard InChI is InChI=1S/C27H28N4O6S/c1-16-22(26(35)31(29(16)3)18-10-6-5-7-11-18)28-23(32)17(2)37-27(36)21(14-15-38-4)30-24(33)19-12-8-9-13-20(19)25(30)34/h5-13,17,21H,14-15H2,1-4H3,(H,28,32)/t17-,21+/m1/s1. The van der Waals surface area contributed by atoms with Crippen molar-refractivity contribution in [3.63, 3.8) is 0 Å². The maximum Gasteiger partial charge on any atom is 0.330 e. The zero-order chi connectivity index (χ0) is 27.6. The van der Waals surface area contributed by atoms with Crippen LogP contribution in [-0.2, 0) is 21.4 Å². The number of benzene rings is 2. The Balaban J connectivity index is 1.52. The van der Waals surface area contributed by atoms with E-state index in [1.54, 1.807) is 55.1 Å². The van der Waals surface area contributed by atoms with E-state index in [-0.39, 0.29) is 23.2 Å². The van der Waals surface area contributed by atoms with Crippen LogP contribution in [0.3, 0.4) is 0 Å². The van der Waals surface area contributed by atoms with Crippen molar-refractivity contribution in [3.05, 3.63) is 81.8 Å². The topological polar surface area (TPSA) is 120 Å². The minimum atomic E-state index is -1.29. The minimum Gasteiger partial charge on any atom is -0.451 e. The molecule has 0 spiro atoms. The van der Waals surface area contributed by atoms with E-state index in [4.69, 9.17) is 4.74 Å². The van der Waals surface area contributed by atoms with Crippen molar-refractivity contribution in [2.75, 3.05) is 17.3 Å². The van der Waals surface area contributed by atoms with E-state index in [9.17, 15) is 24.0 Å². The summed E-state index contributed by atoms with van der Waals surface area (Å²) in [6.07, 6.45) is 0.712. The molecule has 0 aliphatic carbocycles. The highest BCUT2D eigenvalue weighted by atomic mass is 32.2. The minimum absolute atomic E-state index is 0.0588. The summed E-state index contributed by atoms with van der Waals surface area (Å²) in [6.45, 7) is 3.06. The van der Waals surface area contributed by atoms with Gasteiger partial charge in [-0.2, -0.15) is 11.8 Å². The molecule has 1 aliphatic rings. The number of nitrogens with one attached hydrogen (secondary N) is 1. The van der Waals surface area contributed by atoms with Crippen LogP contribution in [0.25, 0.3) is 5.69 Å². The van der Waals surface area contributed by atoms with Crippen LogP contribution in [0.4, 0.5) is 5.69 Å². The first-order chi connectivity index (χ1) is 18.2. The summed E-state index contributed by atoms with van der Waals surface area (Å²) in [5.74, 6) is -2.26. The molecule has 11 heteroatoms. The number of thioether (sulfide) groups is 1. The second kappa shape index (κ2) is 11.1. The third-order valence-electron chi connectivity index (χ3n) is 6.47. The average molecular weight is 537 g/mol. The number of nitrogens with zero attached hydrogens (tertiary/aromatic N) is 3. The first-order valence-electron chi connectivity index (χ1n) is 12.0. The molecule has 0 radical (unpaired) electrons. The molecule has 2 heterocycles. The molecule has 2 atom stereocenters. The molecule has 0 fully saturated rings. The fourth-order valence-corrected chi connectivity index (χ4v) is 4.78. The summed E-state index contributed by atoms with van der Waals surface area (Å²) >= 11 is 1.45. The summed E-state index contributed by atoms with van der Waals surface area (Å²) in [6, 6.07) is 14.1. The second-order valence-corrected chi connectivity index (χ2v) is 9.81. The first-order valence-corrected chi connectivity index (χ1v) is 13.4. The number of hydrogen-bond donors (Lipinski definition) is 1. The third-order valence-corrected chi connectivity index (χ3v) is 7.11. The van der Waals surface area contributed by atoms with E-state index in [1.165, 1.54) is 35.5 Å². The number of anilines is 1. The number of amides is 3. The summed E-state index contributed by atoms with van der Waals surface area (Å²) in [5.41, 5.74) is 1.20. The predicted molar refractivity (Wildman–Crippen MR) is 144 cm³/mol. The Morgan fingerprint density at radius 1 is 0.974 bits per heavy atom. The zero-order valence-electron chi connectivity index (χ0n) is 21.5. The number of carbonyl (C=O) groups is 4. The van der Waals surface area contributed by atoms with Crippen molar-refractivity contribution in [2.45, 2.75) is 32.4 Å². The van der Waals surface area contributed by atoms with Gasteiger partial charge in [-0.3, -0.25) is 28.8 Å². The Hall–Kier alpha value is -4.12. The molecule has 0 bridgehead atoms. The number of imide groups is 1. The molecule has 0 saturated heterocycles. The predicted octanol–water partition coefficient (Wildman–Crippen LogP) is 2.77. The lowest BCUT2D eigenvalue weighted by Crippen LogP contribution is -2.47. The Morgan fingerprint density at radius 3 is 2.13 bits per heavy atom. The van der Waals surface area contributed by atoms with Gasteiger partial charge in [0, 0.05) is 7.05 Å². The number of fused-ring (bicyclic) bond motifs is 1. The molecule has 2 aromatic carbocycles. The highest BCUT2D eigenvalue weighted by molar-refractivity contribution is 7.98. The molecule has 4 rings (SSSR count). The van der Waals surface area contributed by atoms with E-state index >= 15 is 0 Å². The van der Waals surface area contributed by atoms with Crippen LogP contribution in [-0.4, -0.2) is 62.1 Å². The van der Waals surface area contributed by atoms with E-state index < -0.39 is 41.4 Å². The largest absolute Gasteiger partial charge is 0.451 e. The van der Waals surface area contributed by atoms with Crippen LogP contribution in [0.2, 0.25) is 0 Å². The van der Waals surface area contributed by atoms with E-state index in [0.29, 0.717) is 17.1 Å². The van der Waals surface area contributed by atoms with Crippen molar-refractivity contribution in [1.29, 1.82) is 0 Å². The van der Waals surface area contributed by atoms with Crippen molar-refractivity contribution in [2.24, 2.45) is 7.05 Å². The molecule has 1 N–H and O–H groups in total. The van der Waals surface area contributed by atoms with Gasteiger partial charge in [0.2, 0.25) is 0 Å².